The van der Waals surface area contributed by atoms with Gasteiger partial charge < -0.3 is 15.0 Å². The number of ether oxygens (including phenoxy) is 1. The largest absolute Gasteiger partial charge is 0.495 e. The zero-order valence-corrected chi connectivity index (χ0v) is 13.5. The number of hydrogen-bond acceptors (Lipinski definition) is 5. The van der Waals surface area contributed by atoms with Crippen LogP contribution < -0.4 is 10.1 Å². The Kier molecular flexibility index (Phi) is 4.62. The molecule has 2 heterocycles. The molecule has 1 amide bonds. The van der Waals surface area contributed by atoms with Crippen LogP contribution in [0.3, 0.4) is 0 Å². The third kappa shape index (κ3) is 3.53. The molecule has 0 saturated carbocycles. The molecule has 0 spiro atoms. The molecule has 1 saturated heterocycles. The standard InChI is InChI=1S/C16H17ClN4O2/c1-23-14-5-4-11(10-12(14)17)19-16-18-7-6-13(20-16)15(22)21-8-2-3-9-21/h4-7,10H,2-3,8-9H2,1H3,(H,18,19,20). The molecule has 1 fully saturated rings. The van der Waals surface area contributed by atoms with Crippen LogP contribution in [0.1, 0.15) is 23.3 Å². The van der Waals surface area contributed by atoms with E-state index < -0.39 is 0 Å². The Balaban J connectivity index is 1.77. The van der Waals surface area contributed by atoms with Crippen LogP contribution >= 0.6 is 11.6 Å². The van der Waals surface area contributed by atoms with Crippen molar-refractivity contribution in [2.45, 2.75) is 12.8 Å². The van der Waals surface area contributed by atoms with Crippen molar-refractivity contribution >= 4 is 29.1 Å². The number of carbonyl (C=O) groups is 1. The fraction of sp³-hybridized carbons (Fsp3) is 0.312. The Bertz CT molecular complexity index is 717. The number of benzene rings is 1. The Morgan fingerprint density at radius 1 is 1.30 bits per heavy atom. The predicted molar refractivity (Wildman–Crippen MR) is 88.5 cm³/mol. The van der Waals surface area contributed by atoms with Crippen LogP contribution in [0.2, 0.25) is 5.02 Å². The van der Waals surface area contributed by atoms with Crippen molar-refractivity contribution in [1.29, 1.82) is 0 Å². The molecule has 1 N–H and O–H groups in total. The van der Waals surface area contributed by atoms with Crippen LogP contribution in [-0.2, 0) is 0 Å². The summed E-state index contributed by atoms with van der Waals surface area (Å²) < 4.78 is 5.12. The summed E-state index contributed by atoms with van der Waals surface area (Å²) in [5.74, 6) is 0.896. The van der Waals surface area contributed by atoms with Crippen LogP contribution in [0, 0.1) is 0 Å². The van der Waals surface area contributed by atoms with E-state index in [1.165, 1.54) is 0 Å². The molecule has 3 rings (SSSR count). The summed E-state index contributed by atoms with van der Waals surface area (Å²) in [7, 11) is 1.56. The molecule has 6 nitrogen and oxygen atoms in total. The molecule has 0 unspecified atom stereocenters. The SMILES string of the molecule is COc1ccc(Nc2nccc(C(=O)N3CCCC3)n2)cc1Cl. The highest BCUT2D eigenvalue weighted by Crippen LogP contribution is 2.28. The number of nitrogens with zero attached hydrogens (tertiary/aromatic N) is 3. The number of carbonyl (C=O) groups excluding carboxylic acids is 1. The Hall–Kier alpha value is -2.34. The number of nitrogens with one attached hydrogen (secondary N) is 1. The average molecular weight is 333 g/mol. The van der Waals surface area contributed by atoms with Gasteiger partial charge in [-0.25, -0.2) is 9.97 Å². The van der Waals surface area contributed by atoms with E-state index in [0.717, 1.165) is 31.6 Å². The van der Waals surface area contributed by atoms with Gasteiger partial charge in [0.05, 0.1) is 12.1 Å². The quantitative estimate of drug-likeness (QED) is 0.931. The second-order valence-electron chi connectivity index (χ2n) is 5.24. The summed E-state index contributed by atoms with van der Waals surface area (Å²) >= 11 is 6.10. The zero-order valence-electron chi connectivity index (χ0n) is 12.8. The second-order valence-corrected chi connectivity index (χ2v) is 5.65. The van der Waals surface area contributed by atoms with Crippen LogP contribution in [0.5, 0.6) is 5.75 Å². The molecule has 0 radical (unpaired) electrons. The summed E-state index contributed by atoms with van der Waals surface area (Å²) in [6.07, 6.45) is 3.67. The highest BCUT2D eigenvalue weighted by atomic mass is 35.5. The molecule has 1 aromatic heterocycles. The van der Waals surface area contributed by atoms with Gasteiger partial charge in [-0.3, -0.25) is 4.79 Å². The summed E-state index contributed by atoms with van der Waals surface area (Å²) in [6, 6.07) is 6.92. The van der Waals surface area contributed by atoms with E-state index in [1.54, 1.807) is 31.5 Å². The van der Waals surface area contributed by atoms with E-state index >= 15 is 0 Å². The molecular formula is C16H17ClN4O2. The van der Waals surface area contributed by atoms with Gasteiger partial charge in [-0.2, -0.15) is 0 Å². The lowest BCUT2D eigenvalue weighted by Gasteiger charge is -2.15. The average Bonchev–Trinajstić information content (AvgIpc) is 3.09. The van der Waals surface area contributed by atoms with E-state index in [9.17, 15) is 4.79 Å². The van der Waals surface area contributed by atoms with Gasteiger partial charge in [0, 0.05) is 25.0 Å². The van der Waals surface area contributed by atoms with Crippen molar-refractivity contribution in [2.24, 2.45) is 0 Å². The van der Waals surface area contributed by atoms with Crippen LogP contribution in [-0.4, -0.2) is 41.0 Å². The first-order chi connectivity index (χ1) is 11.2. The van der Waals surface area contributed by atoms with E-state index in [-0.39, 0.29) is 5.91 Å². The summed E-state index contributed by atoms with van der Waals surface area (Å²) in [4.78, 5) is 22.6. The van der Waals surface area contributed by atoms with Crippen molar-refractivity contribution in [3.8, 4) is 5.75 Å². The van der Waals surface area contributed by atoms with Crippen LogP contribution in [0.4, 0.5) is 11.6 Å². The normalized spacial score (nSPS) is 13.9. The Morgan fingerprint density at radius 2 is 2.09 bits per heavy atom. The molecule has 1 aliphatic rings. The summed E-state index contributed by atoms with van der Waals surface area (Å²) in [6.45, 7) is 1.58. The predicted octanol–water partition coefficient (Wildman–Crippen LogP) is 3.12. The third-order valence-corrected chi connectivity index (χ3v) is 3.97. The first kappa shape index (κ1) is 15.6. The Labute approximate surface area is 139 Å². The molecule has 1 aliphatic heterocycles. The number of amides is 1. The molecule has 0 atom stereocenters. The number of halogens is 1. The van der Waals surface area contributed by atoms with E-state index in [4.69, 9.17) is 16.3 Å². The van der Waals surface area contributed by atoms with Gasteiger partial charge in [0.2, 0.25) is 5.95 Å². The van der Waals surface area contributed by atoms with Gasteiger partial charge in [-0.15, -0.1) is 0 Å². The number of aromatic nitrogens is 2. The maximum absolute atomic E-state index is 12.4. The monoisotopic (exact) mass is 332 g/mol. The van der Waals surface area contributed by atoms with Crippen molar-refractivity contribution in [3.63, 3.8) is 0 Å². The van der Waals surface area contributed by atoms with E-state index in [0.29, 0.717) is 22.4 Å². The zero-order chi connectivity index (χ0) is 16.2. The first-order valence-corrected chi connectivity index (χ1v) is 7.78. The molecule has 1 aromatic carbocycles. The van der Waals surface area contributed by atoms with Crippen molar-refractivity contribution < 1.29 is 9.53 Å². The van der Waals surface area contributed by atoms with Gasteiger partial charge >= 0.3 is 0 Å². The molecule has 0 bridgehead atoms. The Morgan fingerprint density at radius 3 is 2.78 bits per heavy atom. The highest BCUT2D eigenvalue weighted by molar-refractivity contribution is 6.32. The fourth-order valence-corrected chi connectivity index (χ4v) is 2.75. The van der Waals surface area contributed by atoms with E-state index in [2.05, 4.69) is 15.3 Å². The third-order valence-electron chi connectivity index (χ3n) is 3.68. The van der Waals surface area contributed by atoms with Gasteiger partial charge in [0.1, 0.15) is 11.4 Å². The lowest BCUT2D eigenvalue weighted by atomic mass is 10.3. The smallest absolute Gasteiger partial charge is 0.272 e. The lowest BCUT2D eigenvalue weighted by Crippen LogP contribution is -2.28. The minimum Gasteiger partial charge on any atom is -0.495 e. The second kappa shape index (κ2) is 6.83. The van der Waals surface area contributed by atoms with Crippen LogP contribution in [0.15, 0.2) is 30.5 Å². The summed E-state index contributed by atoms with van der Waals surface area (Å²) in [5, 5.41) is 3.54. The lowest BCUT2D eigenvalue weighted by molar-refractivity contribution is 0.0787. The maximum Gasteiger partial charge on any atom is 0.272 e. The minimum absolute atomic E-state index is 0.0549. The van der Waals surface area contributed by atoms with Gasteiger partial charge in [0.25, 0.3) is 5.91 Å². The van der Waals surface area contributed by atoms with Crippen molar-refractivity contribution in [2.75, 3.05) is 25.5 Å². The van der Waals surface area contributed by atoms with Crippen LogP contribution in [0.25, 0.3) is 0 Å². The van der Waals surface area contributed by atoms with E-state index in [1.807, 2.05) is 11.0 Å². The molecular weight excluding hydrogens is 316 g/mol. The number of anilines is 2. The van der Waals surface area contributed by atoms with Gasteiger partial charge in [-0.1, -0.05) is 11.6 Å². The topological polar surface area (TPSA) is 67.3 Å². The van der Waals surface area contributed by atoms with Crippen molar-refractivity contribution in [3.05, 3.63) is 41.2 Å². The number of rotatable bonds is 4. The maximum atomic E-state index is 12.4. The van der Waals surface area contributed by atoms with Gasteiger partial charge in [0.15, 0.2) is 0 Å². The molecule has 2 aromatic rings. The highest BCUT2D eigenvalue weighted by Gasteiger charge is 2.20. The fourth-order valence-electron chi connectivity index (χ4n) is 2.49. The minimum atomic E-state index is -0.0549. The molecule has 0 aliphatic carbocycles. The first-order valence-electron chi connectivity index (χ1n) is 7.40. The number of likely N-dealkylation sites (tertiary alicyclic amines) is 1. The van der Waals surface area contributed by atoms with Crippen molar-refractivity contribution in [1.82, 2.24) is 14.9 Å². The molecule has 23 heavy (non-hydrogen) atoms. The number of hydrogen-bond donors (Lipinski definition) is 1. The van der Waals surface area contributed by atoms with Gasteiger partial charge in [-0.05, 0) is 37.1 Å². The summed E-state index contributed by atoms with van der Waals surface area (Å²) in [5.41, 5.74) is 1.12. The number of methoxy groups -OCH3 is 1. The molecule has 7 heteroatoms. The molecule has 120 valence electrons.